The summed E-state index contributed by atoms with van der Waals surface area (Å²) in [6.07, 6.45) is 3.78. The van der Waals surface area contributed by atoms with Gasteiger partial charge in [-0.1, -0.05) is 0 Å². The lowest BCUT2D eigenvalue weighted by molar-refractivity contribution is -0.118. The number of thiophene rings is 1. The quantitative estimate of drug-likeness (QED) is 0.680. The number of nitrogens with two attached hydrogens (primary N) is 1. The van der Waals surface area contributed by atoms with Crippen LogP contribution in [0, 0.1) is 6.92 Å². The minimum absolute atomic E-state index is 0.0383. The Balaban J connectivity index is 1.68. The van der Waals surface area contributed by atoms with Crippen molar-refractivity contribution in [3.8, 4) is 0 Å². The number of amides is 3. The van der Waals surface area contributed by atoms with Crippen LogP contribution in [-0.4, -0.2) is 42.2 Å². The first-order valence-electron chi connectivity index (χ1n) is 8.08. The maximum absolute atomic E-state index is 12.7. The topological polar surface area (TPSA) is 139 Å². The Kier molecular flexibility index (Phi) is 4.97. The van der Waals surface area contributed by atoms with Crippen LogP contribution in [-0.2, 0) is 21.9 Å². The molecule has 1 saturated heterocycles. The van der Waals surface area contributed by atoms with Crippen LogP contribution in [0.1, 0.15) is 18.2 Å². The fraction of sp³-hybridized carbons (Fsp3) is 0.400. The van der Waals surface area contributed by atoms with Crippen molar-refractivity contribution in [2.45, 2.75) is 36.6 Å². The Morgan fingerprint density at radius 3 is 2.70 bits per heavy atom. The maximum Gasteiger partial charge on any atom is 0.319 e. The summed E-state index contributed by atoms with van der Waals surface area (Å²) in [7, 11) is -2.08. The molecule has 1 fully saturated rings. The minimum Gasteiger partial charge on any atom is -0.326 e. The normalized spacial score (nSPS) is 20.1. The van der Waals surface area contributed by atoms with Gasteiger partial charge in [-0.2, -0.15) is 5.10 Å². The molecule has 0 aromatic carbocycles. The molecule has 10 nitrogen and oxygen atoms in total. The molecule has 27 heavy (non-hydrogen) atoms. The Hall–Kier alpha value is -2.44. The van der Waals surface area contributed by atoms with E-state index in [0.717, 1.165) is 11.3 Å². The number of aryl methyl sites for hydroxylation is 2. The average Bonchev–Trinajstić information content (AvgIpc) is 3.19. The number of nitrogens with zero attached hydrogens (tertiary/aromatic N) is 3. The van der Waals surface area contributed by atoms with E-state index in [4.69, 9.17) is 5.14 Å². The molecule has 12 heteroatoms. The van der Waals surface area contributed by atoms with Gasteiger partial charge in [0.1, 0.15) is 10.3 Å². The van der Waals surface area contributed by atoms with Gasteiger partial charge >= 0.3 is 6.03 Å². The molecule has 4 N–H and O–H groups in total. The van der Waals surface area contributed by atoms with Crippen LogP contribution in [0.5, 0.6) is 0 Å². The molecule has 146 valence electrons. The summed E-state index contributed by atoms with van der Waals surface area (Å²) in [6.45, 7) is 3.56. The molecule has 2 aromatic heterocycles. The van der Waals surface area contributed by atoms with Crippen LogP contribution in [0.2, 0.25) is 0 Å². The first-order chi connectivity index (χ1) is 12.6. The zero-order valence-corrected chi connectivity index (χ0v) is 16.6. The van der Waals surface area contributed by atoms with Gasteiger partial charge in [-0.15, -0.1) is 11.3 Å². The fourth-order valence-corrected chi connectivity index (χ4v) is 4.82. The van der Waals surface area contributed by atoms with Gasteiger partial charge in [0.15, 0.2) is 0 Å². The number of sulfonamides is 1. The Labute approximate surface area is 160 Å². The molecule has 1 aliphatic rings. The largest absolute Gasteiger partial charge is 0.326 e. The standard InChI is InChI=1S/C15H20N6O4S2/c1-8-4-12(14(22)21(8)10-6-17-20(3)7-10)19-15(23)18-11-5-13(26-9(11)2)27(16,24)25/h5-8,12H,4H2,1-3H3,(H2,16,24,25)(H2,18,19,23). The Bertz CT molecular complexity index is 996. The predicted octanol–water partition coefficient (Wildman–Crippen LogP) is 0.753. The summed E-state index contributed by atoms with van der Waals surface area (Å²) >= 11 is 0.967. The molecular formula is C15H20N6O4S2. The highest BCUT2D eigenvalue weighted by atomic mass is 32.2. The van der Waals surface area contributed by atoms with Gasteiger partial charge in [-0.3, -0.25) is 9.48 Å². The summed E-state index contributed by atoms with van der Waals surface area (Å²) < 4.78 is 24.4. The van der Waals surface area contributed by atoms with E-state index < -0.39 is 22.1 Å². The molecule has 3 heterocycles. The third-order valence-corrected chi connectivity index (χ3v) is 6.72. The summed E-state index contributed by atoms with van der Waals surface area (Å²) in [5.74, 6) is -0.224. The van der Waals surface area contributed by atoms with Crippen LogP contribution in [0.25, 0.3) is 0 Å². The summed E-state index contributed by atoms with van der Waals surface area (Å²) in [5.41, 5.74) is 1.01. The van der Waals surface area contributed by atoms with Gasteiger partial charge in [0, 0.05) is 24.2 Å². The van der Waals surface area contributed by atoms with Gasteiger partial charge in [-0.25, -0.2) is 18.4 Å². The van der Waals surface area contributed by atoms with Gasteiger partial charge in [0.05, 0.1) is 17.6 Å². The first kappa shape index (κ1) is 19.3. The number of rotatable bonds is 4. The Morgan fingerprint density at radius 1 is 1.44 bits per heavy atom. The average molecular weight is 412 g/mol. The van der Waals surface area contributed by atoms with Crippen LogP contribution in [0.4, 0.5) is 16.2 Å². The van der Waals surface area contributed by atoms with E-state index >= 15 is 0 Å². The molecule has 1 aliphatic heterocycles. The highest BCUT2D eigenvalue weighted by Crippen LogP contribution is 2.29. The Morgan fingerprint density at radius 2 is 2.15 bits per heavy atom. The maximum atomic E-state index is 12.7. The molecule has 0 aliphatic carbocycles. The number of hydrogen-bond donors (Lipinski definition) is 3. The lowest BCUT2D eigenvalue weighted by Crippen LogP contribution is -2.43. The van der Waals surface area contributed by atoms with E-state index in [1.165, 1.54) is 6.07 Å². The number of carbonyl (C=O) groups excluding carboxylic acids is 2. The molecule has 2 unspecified atom stereocenters. The molecular weight excluding hydrogens is 392 g/mol. The second-order valence-corrected chi connectivity index (χ2v) is 9.44. The van der Waals surface area contributed by atoms with Gasteiger partial charge < -0.3 is 15.5 Å². The molecule has 3 rings (SSSR count). The van der Waals surface area contributed by atoms with Gasteiger partial charge in [-0.05, 0) is 26.3 Å². The van der Waals surface area contributed by atoms with Gasteiger partial charge in [0.2, 0.25) is 15.9 Å². The molecule has 0 radical (unpaired) electrons. The molecule has 0 saturated carbocycles. The van der Waals surface area contributed by atoms with E-state index in [9.17, 15) is 18.0 Å². The number of carbonyl (C=O) groups is 2. The zero-order valence-electron chi connectivity index (χ0n) is 15.0. The summed E-state index contributed by atoms with van der Waals surface area (Å²) in [4.78, 5) is 27.2. The smallest absolute Gasteiger partial charge is 0.319 e. The molecule has 3 amide bonds. The van der Waals surface area contributed by atoms with E-state index in [0.29, 0.717) is 22.7 Å². The second-order valence-electron chi connectivity index (χ2n) is 6.40. The van der Waals surface area contributed by atoms with Crippen LogP contribution in [0.3, 0.4) is 0 Å². The minimum atomic E-state index is -3.84. The lowest BCUT2D eigenvalue weighted by Gasteiger charge is -2.19. The number of primary sulfonamides is 1. The second kappa shape index (κ2) is 6.94. The molecule has 0 bridgehead atoms. The fourth-order valence-electron chi connectivity index (χ4n) is 3.00. The van der Waals surface area contributed by atoms with Crippen molar-refractivity contribution in [2.75, 3.05) is 10.2 Å². The summed E-state index contributed by atoms with van der Waals surface area (Å²) in [6, 6.07) is -0.0631. The van der Waals surface area contributed by atoms with Crippen molar-refractivity contribution < 1.29 is 18.0 Å². The molecule has 0 spiro atoms. The monoisotopic (exact) mass is 412 g/mol. The van der Waals surface area contributed by atoms with Crippen molar-refractivity contribution in [1.82, 2.24) is 15.1 Å². The number of hydrogen-bond acceptors (Lipinski definition) is 6. The third-order valence-electron chi connectivity index (χ3n) is 4.25. The van der Waals surface area contributed by atoms with Gasteiger partial charge in [0.25, 0.3) is 0 Å². The number of urea groups is 1. The van der Waals surface area contributed by atoms with Crippen LogP contribution < -0.4 is 20.7 Å². The third kappa shape index (κ3) is 3.96. The predicted molar refractivity (Wildman–Crippen MR) is 101 cm³/mol. The van der Waals surface area contributed by atoms with Crippen molar-refractivity contribution in [2.24, 2.45) is 12.2 Å². The SMILES string of the molecule is Cc1sc(S(N)(=O)=O)cc1NC(=O)NC1CC(C)N(c2cnn(C)c2)C1=O. The van der Waals surface area contributed by atoms with Crippen molar-refractivity contribution in [3.05, 3.63) is 23.3 Å². The molecule has 2 aromatic rings. The lowest BCUT2D eigenvalue weighted by atomic mass is 10.2. The van der Waals surface area contributed by atoms with Crippen molar-refractivity contribution >= 4 is 44.7 Å². The van der Waals surface area contributed by atoms with E-state index in [-0.39, 0.29) is 16.2 Å². The molecule has 2 atom stereocenters. The van der Waals surface area contributed by atoms with Crippen molar-refractivity contribution in [1.29, 1.82) is 0 Å². The van der Waals surface area contributed by atoms with Crippen molar-refractivity contribution in [3.63, 3.8) is 0 Å². The zero-order chi connectivity index (χ0) is 19.9. The highest BCUT2D eigenvalue weighted by Gasteiger charge is 2.39. The number of nitrogens with one attached hydrogen (secondary N) is 2. The van der Waals surface area contributed by atoms with Crippen LogP contribution in [0.15, 0.2) is 22.7 Å². The highest BCUT2D eigenvalue weighted by molar-refractivity contribution is 7.91. The summed E-state index contributed by atoms with van der Waals surface area (Å²) in [5, 5.41) is 14.4. The van der Waals surface area contributed by atoms with E-state index in [1.807, 2.05) is 6.92 Å². The van der Waals surface area contributed by atoms with Crippen LogP contribution >= 0.6 is 11.3 Å². The van der Waals surface area contributed by atoms with E-state index in [2.05, 4.69) is 15.7 Å². The number of anilines is 2. The number of aromatic nitrogens is 2. The first-order valence-corrected chi connectivity index (χ1v) is 10.4. The van der Waals surface area contributed by atoms with E-state index in [1.54, 1.807) is 35.9 Å².